The second-order valence-electron chi connectivity index (χ2n) is 2.80. The summed E-state index contributed by atoms with van der Waals surface area (Å²) in [6.07, 6.45) is 3.38. The van der Waals surface area contributed by atoms with Gasteiger partial charge in [0.25, 0.3) is 0 Å². The molecular formula is C9H15N3O2. The van der Waals surface area contributed by atoms with Gasteiger partial charge in [-0.05, 0) is 6.92 Å². The molecule has 0 aliphatic rings. The molecule has 0 fully saturated rings. The van der Waals surface area contributed by atoms with Gasteiger partial charge in [0.05, 0.1) is 6.61 Å². The number of nitrogens with two attached hydrogens (primary N) is 1. The molecule has 0 saturated carbocycles. The lowest BCUT2D eigenvalue weighted by Gasteiger charge is -2.03. The third kappa shape index (κ3) is 2.65. The Labute approximate surface area is 82.9 Å². The van der Waals surface area contributed by atoms with Crippen molar-refractivity contribution in [2.75, 3.05) is 19.8 Å². The van der Waals surface area contributed by atoms with Gasteiger partial charge in [0, 0.05) is 25.5 Å². The van der Waals surface area contributed by atoms with Crippen LogP contribution in [-0.2, 0) is 11.3 Å². The summed E-state index contributed by atoms with van der Waals surface area (Å²) in [4.78, 5) is 15.5. The van der Waals surface area contributed by atoms with Crippen LogP contribution in [0.15, 0.2) is 12.4 Å². The Morgan fingerprint density at radius 1 is 1.71 bits per heavy atom. The van der Waals surface area contributed by atoms with Gasteiger partial charge in [-0.15, -0.1) is 0 Å². The Bertz CT molecular complexity index is 296. The van der Waals surface area contributed by atoms with Crippen LogP contribution in [0.25, 0.3) is 0 Å². The fourth-order valence-electron chi connectivity index (χ4n) is 1.13. The van der Waals surface area contributed by atoms with Crippen LogP contribution in [0.4, 0.5) is 0 Å². The zero-order valence-electron chi connectivity index (χ0n) is 8.27. The molecule has 0 aliphatic carbocycles. The number of hydrogen-bond acceptors (Lipinski definition) is 4. The van der Waals surface area contributed by atoms with Gasteiger partial charge in [-0.2, -0.15) is 0 Å². The topological polar surface area (TPSA) is 70.1 Å². The molecule has 1 aromatic heterocycles. The molecule has 0 amide bonds. The SMILES string of the molecule is CCn1ccnc1C(=O)COCCN. The first kappa shape index (κ1) is 10.9. The van der Waals surface area contributed by atoms with Gasteiger partial charge in [0.15, 0.2) is 5.82 Å². The lowest BCUT2D eigenvalue weighted by Crippen LogP contribution is -2.18. The minimum Gasteiger partial charge on any atom is -0.372 e. The van der Waals surface area contributed by atoms with Crippen LogP contribution in [0, 0.1) is 0 Å². The highest BCUT2D eigenvalue weighted by Gasteiger charge is 2.11. The maximum Gasteiger partial charge on any atom is 0.223 e. The standard InChI is InChI=1S/C9H15N3O2/c1-2-12-5-4-11-9(12)8(13)7-14-6-3-10/h4-5H,2-3,6-7,10H2,1H3. The molecule has 0 aromatic carbocycles. The summed E-state index contributed by atoms with van der Waals surface area (Å²) in [7, 11) is 0. The van der Waals surface area contributed by atoms with Crippen LogP contribution in [0.3, 0.4) is 0 Å². The van der Waals surface area contributed by atoms with E-state index >= 15 is 0 Å². The van der Waals surface area contributed by atoms with Crippen LogP contribution >= 0.6 is 0 Å². The highest BCUT2D eigenvalue weighted by Crippen LogP contribution is 1.99. The van der Waals surface area contributed by atoms with E-state index in [2.05, 4.69) is 4.98 Å². The second kappa shape index (κ2) is 5.51. The number of ketones is 1. The largest absolute Gasteiger partial charge is 0.372 e. The molecule has 0 atom stereocenters. The molecule has 1 rings (SSSR count). The molecule has 0 unspecified atom stereocenters. The third-order valence-corrected chi connectivity index (χ3v) is 1.80. The summed E-state index contributed by atoms with van der Waals surface area (Å²) in [5, 5.41) is 0. The van der Waals surface area contributed by atoms with Crippen LogP contribution in [0.2, 0.25) is 0 Å². The zero-order chi connectivity index (χ0) is 10.4. The van der Waals surface area contributed by atoms with Crippen molar-refractivity contribution in [3.05, 3.63) is 18.2 Å². The summed E-state index contributed by atoms with van der Waals surface area (Å²) < 4.78 is 6.83. The molecule has 2 N–H and O–H groups in total. The van der Waals surface area contributed by atoms with Gasteiger partial charge in [0.2, 0.25) is 5.78 Å². The molecule has 5 heteroatoms. The minimum atomic E-state index is -0.106. The highest BCUT2D eigenvalue weighted by molar-refractivity contribution is 5.93. The number of ether oxygens (including phenoxy) is 1. The lowest BCUT2D eigenvalue weighted by molar-refractivity contribution is 0.0759. The van der Waals surface area contributed by atoms with Crippen molar-refractivity contribution >= 4 is 5.78 Å². The Hall–Kier alpha value is -1.20. The van der Waals surface area contributed by atoms with Crippen LogP contribution < -0.4 is 5.73 Å². The third-order valence-electron chi connectivity index (χ3n) is 1.80. The van der Waals surface area contributed by atoms with Gasteiger partial charge >= 0.3 is 0 Å². The Balaban J connectivity index is 2.51. The van der Waals surface area contributed by atoms with Crippen LogP contribution in [0.1, 0.15) is 17.5 Å². The van der Waals surface area contributed by atoms with Gasteiger partial charge in [0.1, 0.15) is 6.61 Å². The van der Waals surface area contributed by atoms with Crippen LogP contribution in [-0.4, -0.2) is 35.1 Å². The number of Topliss-reactive ketones (excluding diaryl/α,β-unsaturated/α-hetero) is 1. The van der Waals surface area contributed by atoms with E-state index in [1.165, 1.54) is 0 Å². The minimum absolute atomic E-state index is 0.0498. The number of carbonyl (C=O) groups excluding carboxylic acids is 1. The highest BCUT2D eigenvalue weighted by atomic mass is 16.5. The average Bonchev–Trinajstić information content (AvgIpc) is 2.65. The number of carbonyl (C=O) groups is 1. The maximum absolute atomic E-state index is 11.5. The van der Waals surface area contributed by atoms with Crippen molar-refractivity contribution in [2.24, 2.45) is 5.73 Å². The molecule has 1 heterocycles. The number of aromatic nitrogens is 2. The number of nitrogens with zero attached hydrogens (tertiary/aromatic N) is 2. The van der Waals surface area contributed by atoms with Crippen molar-refractivity contribution in [1.29, 1.82) is 0 Å². The zero-order valence-corrected chi connectivity index (χ0v) is 8.27. The summed E-state index contributed by atoms with van der Waals surface area (Å²) in [5.74, 6) is 0.342. The first-order valence-electron chi connectivity index (χ1n) is 4.61. The summed E-state index contributed by atoms with van der Waals surface area (Å²) in [5.41, 5.74) is 5.23. The van der Waals surface area contributed by atoms with E-state index in [9.17, 15) is 4.79 Å². The molecule has 0 radical (unpaired) electrons. The predicted molar refractivity (Wildman–Crippen MR) is 52.1 cm³/mol. The Morgan fingerprint density at radius 3 is 3.14 bits per heavy atom. The molecule has 0 saturated heterocycles. The molecule has 0 bridgehead atoms. The lowest BCUT2D eigenvalue weighted by atomic mass is 10.4. The molecular weight excluding hydrogens is 182 g/mol. The molecule has 0 spiro atoms. The molecule has 14 heavy (non-hydrogen) atoms. The van der Waals surface area contributed by atoms with E-state index in [0.29, 0.717) is 19.0 Å². The number of aryl methyl sites for hydroxylation is 1. The normalized spacial score (nSPS) is 10.4. The molecule has 5 nitrogen and oxygen atoms in total. The van der Waals surface area contributed by atoms with E-state index in [1.807, 2.05) is 6.92 Å². The van der Waals surface area contributed by atoms with Gasteiger partial charge < -0.3 is 15.0 Å². The monoisotopic (exact) mass is 197 g/mol. The summed E-state index contributed by atoms with van der Waals surface area (Å²) in [6, 6.07) is 0. The molecule has 0 aliphatic heterocycles. The average molecular weight is 197 g/mol. The van der Waals surface area contributed by atoms with Gasteiger partial charge in [-0.3, -0.25) is 4.79 Å². The van der Waals surface area contributed by atoms with Crippen molar-refractivity contribution in [1.82, 2.24) is 9.55 Å². The van der Waals surface area contributed by atoms with E-state index in [1.54, 1.807) is 17.0 Å². The van der Waals surface area contributed by atoms with Crippen LogP contribution in [0.5, 0.6) is 0 Å². The smallest absolute Gasteiger partial charge is 0.223 e. The quantitative estimate of drug-likeness (QED) is 0.517. The van der Waals surface area contributed by atoms with Crippen molar-refractivity contribution in [3.63, 3.8) is 0 Å². The fourth-order valence-corrected chi connectivity index (χ4v) is 1.13. The van der Waals surface area contributed by atoms with Crippen molar-refractivity contribution in [2.45, 2.75) is 13.5 Å². The second-order valence-corrected chi connectivity index (χ2v) is 2.80. The Morgan fingerprint density at radius 2 is 2.50 bits per heavy atom. The number of imidazole rings is 1. The number of hydrogen-bond donors (Lipinski definition) is 1. The first-order valence-corrected chi connectivity index (χ1v) is 4.61. The van der Waals surface area contributed by atoms with Gasteiger partial charge in [-0.1, -0.05) is 0 Å². The first-order chi connectivity index (χ1) is 6.79. The fraction of sp³-hybridized carbons (Fsp3) is 0.556. The van der Waals surface area contributed by atoms with E-state index < -0.39 is 0 Å². The molecule has 1 aromatic rings. The maximum atomic E-state index is 11.5. The van der Waals surface area contributed by atoms with E-state index in [-0.39, 0.29) is 12.4 Å². The van der Waals surface area contributed by atoms with E-state index in [0.717, 1.165) is 6.54 Å². The summed E-state index contributed by atoms with van der Waals surface area (Å²) >= 11 is 0. The van der Waals surface area contributed by atoms with E-state index in [4.69, 9.17) is 10.5 Å². The van der Waals surface area contributed by atoms with Crippen molar-refractivity contribution in [3.8, 4) is 0 Å². The Kier molecular flexibility index (Phi) is 4.28. The molecule has 78 valence electrons. The van der Waals surface area contributed by atoms with Gasteiger partial charge in [-0.25, -0.2) is 4.98 Å². The van der Waals surface area contributed by atoms with Crippen molar-refractivity contribution < 1.29 is 9.53 Å². The number of rotatable bonds is 6. The predicted octanol–water partition coefficient (Wildman–Crippen LogP) is 0.0610. The summed E-state index contributed by atoms with van der Waals surface area (Å²) in [6.45, 7) is 3.57.